The Kier molecular flexibility index (Phi) is 8.70. The molecule has 0 aliphatic rings. The minimum absolute atomic E-state index is 0.0275. The second-order valence-electron chi connectivity index (χ2n) is 4.39. The van der Waals surface area contributed by atoms with E-state index in [9.17, 15) is 4.79 Å². The van der Waals surface area contributed by atoms with Gasteiger partial charge in [-0.3, -0.25) is 4.79 Å². The van der Waals surface area contributed by atoms with Crippen molar-refractivity contribution in [3.8, 4) is 0 Å². The molecule has 0 aromatic rings. The fraction of sp³-hybridized carbons (Fsp3) is 0.909. The van der Waals surface area contributed by atoms with Gasteiger partial charge in [0.25, 0.3) is 0 Å². The Morgan fingerprint density at radius 3 is 2.56 bits per heavy atom. The monoisotopic (exact) mass is 247 g/mol. The number of hydrogen-bond acceptors (Lipinski definition) is 4. The summed E-state index contributed by atoms with van der Waals surface area (Å²) in [5.41, 5.74) is 5.77. The van der Waals surface area contributed by atoms with Gasteiger partial charge >= 0.3 is 0 Å². The number of nitrogens with zero attached hydrogens (tertiary/aromatic N) is 1. The van der Waals surface area contributed by atoms with Crippen LogP contribution in [-0.2, 0) is 4.79 Å². The van der Waals surface area contributed by atoms with Crippen molar-refractivity contribution in [2.45, 2.75) is 31.8 Å². The molecule has 96 valence electrons. The van der Waals surface area contributed by atoms with Gasteiger partial charge < -0.3 is 16.0 Å². The topological polar surface area (TPSA) is 58.4 Å². The van der Waals surface area contributed by atoms with Crippen LogP contribution in [0.4, 0.5) is 0 Å². The lowest BCUT2D eigenvalue weighted by molar-refractivity contribution is -0.123. The van der Waals surface area contributed by atoms with E-state index in [-0.39, 0.29) is 18.0 Å². The minimum Gasteiger partial charge on any atom is -0.352 e. The molecule has 1 unspecified atom stereocenters. The van der Waals surface area contributed by atoms with Crippen molar-refractivity contribution >= 4 is 17.7 Å². The molecule has 0 heterocycles. The molecule has 0 spiro atoms. The zero-order chi connectivity index (χ0) is 12.6. The Balaban J connectivity index is 3.76. The molecule has 0 aromatic heterocycles. The maximum absolute atomic E-state index is 11.6. The predicted octanol–water partition coefficient (Wildman–Crippen LogP) is 0.523. The van der Waals surface area contributed by atoms with E-state index in [0.717, 1.165) is 25.1 Å². The van der Waals surface area contributed by atoms with Crippen LogP contribution >= 0.6 is 11.8 Å². The molecule has 0 saturated heterocycles. The molecule has 16 heavy (non-hydrogen) atoms. The fourth-order valence-corrected chi connectivity index (χ4v) is 1.74. The zero-order valence-electron chi connectivity index (χ0n) is 10.8. The number of carbonyl (C=O) groups is 1. The predicted molar refractivity (Wildman–Crippen MR) is 71.8 cm³/mol. The molecule has 0 aliphatic carbocycles. The molecule has 3 N–H and O–H groups in total. The zero-order valence-corrected chi connectivity index (χ0v) is 11.6. The third-order valence-electron chi connectivity index (χ3n) is 2.37. The van der Waals surface area contributed by atoms with Crippen LogP contribution in [0.25, 0.3) is 0 Å². The molecular weight excluding hydrogens is 222 g/mol. The van der Waals surface area contributed by atoms with E-state index in [2.05, 4.69) is 10.2 Å². The molecule has 0 saturated carbocycles. The first kappa shape index (κ1) is 15.7. The van der Waals surface area contributed by atoms with E-state index in [1.165, 1.54) is 0 Å². The first-order valence-corrected chi connectivity index (χ1v) is 7.06. The van der Waals surface area contributed by atoms with Crippen molar-refractivity contribution in [2.75, 3.05) is 32.6 Å². The quantitative estimate of drug-likeness (QED) is 0.657. The lowest BCUT2D eigenvalue weighted by atomic mass is 10.2. The van der Waals surface area contributed by atoms with E-state index in [4.69, 9.17) is 5.73 Å². The third kappa shape index (κ3) is 7.96. The van der Waals surface area contributed by atoms with E-state index >= 15 is 0 Å². The molecule has 2 atom stereocenters. The lowest BCUT2D eigenvalue weighted by Crippen LogP contribution is -2.45. The summed E-state index contributed by atoms with van der Waals surface area (Å²) in [6.45, 7) is 2.99. The van der Waals surface area contributed by atoms with Gasteiger partial charge in [-0.05, 0) is 52.4 Å². The molecule has 0 aliphatic heterocycles. The van der Waals surface area contributed by atoms with E-state index < -0.39 is 0 Å². The third-order valence-corrected chi connectivity index (χ3v) is 3.01. The fourth-order valence-electron chi connectivity index (χ4n) is 1.25. The highest BCUT2D eigenvalue weighted by Gasteiger charge is 2.14. The molecule has 0 rings (SSSR count). The van der Waals surface area contributed by atoms with Gasteiger partial charge in [0.2, 0.25) is 5.91 Å². The number of nitrogens with one attached hydrogen (secondary N) is 1. The maximum Gasteiger partial charge on any atom is 0.237 e. The van der Waals surface area contributed by atoms with Crippen LogP contribution in [-0.4, -0.2) is 55.5 Å². The van der Waals surface area contributed by atoms with E-state index in [1.807, 2.05) is 27.3 Å². The summed E-state index contributed by atoms with van der Waals surface area (Å²) in [4.78, 5) is 13.8. The summed E-state index contributed by atoms with van der Waals surface area (Å²) in [7, 11) is 4.05. The van der Waals surface area contributed by atoms with Crippen LogP contribution in [0.15, 0.2) is 0 Å². The van der Waals surface area contributed by atoms with Crippen LogP contribution in [0.2, 0.25) is 0 Å². The Hall–Kier alpha value is -0.260. The minimum atomic E-state index is -0.366. The van der Waals surface area contributed by atoms with Gasteiger partial charge in [0.15, 0.2) is 0 Å². The first-order chi connectivity index (χ1) is 7.47. The molecule has 0 aromatic carbocycles. The van der Waals surface area contributed by atoms with Crippen molar-refractivity contribution in [3.63, 3.8) is 0 Å². The van der Waals surface area contributed by atoms with Crippen molar-refractivity contribution in [1.29, 1.82) is 0 Å². The Morgan fingerprint density at radius 1 is 1.44 bits per heavy atom. The number of thioether (sulfide) groups is 1. The SMILES string of the molecule is CSCC[C@H](N)C(=O)NC(C)CCN(C)C. The lowest BCUT2D eigenvalue weighted by Gasteiger charge is -2.19. The van der Waals surface area contributed by atoms with Gasteiger partial charge in [0.1, 0.15) is 0 Å². The van der Waals surface area contributed by atoms with Gasteiger partial charge in [-0.15, -0.1) is 0 Å². The first-order valence-electron chi connectivity index (χ1n) is 5.67. The summed E-state index contributed by atoms with van der Waals surface area (Å²) in [5, 5.41) is 2.94. The highest BCUT2D eigenvalue weighted by molar-refractivity contribution is 7.98. The van der Waals surface area contributed by atoms with Crippen LogP contribution < -0.4 is 11.1 Å². The molecular formula is C11H25N3OS. The van der Waals surface area contributed by atoms with Gasteiger partial charge in [0.05, 0.1) is 6.04 Å². The van der Waals surface area contributed by atoms with Gasteiger partial charge in [0, 0.05) is 6.04 Å². The number of nitrogens with two attached hydrogens (primary N) is 1. The Morgan fingerprint density at radius 2 is 2.06 bits per heavy atom. The average Bonchev–Trinajstić information content (AvgIpc) is 2.22. The summed E-state index contributed by atoms with van der Waals surface area (Å²) in [6.07, 6.45) is 3.71. The van der Waals surface area contributed by atoms with Crippen molar-refractivity contribution in [2.24, 2.45) is 5.73 Å². The summed E-state index contributed by atoms with van der Waals surface area (Å²) >= 11 is 1.71. The maximum atomic E-state index is 11.6. The van der Waals surface area contributed by atoms with Crippen LogP contribution in [0.5, 0.6) is 0 Å². The molecule has 4 nitrogen and oxygen atoms in total. The molecule has 5 heteroatoms. The standard InChI is InChI=1S/C11H25N3OS/c1-9(5-7-14(2)3)13-11(15)10(12)6-8-16-4/h9-10H,5-8,12H2,1-4H3,(H,13,15)/t9?,10-/m0/s1. The normalized spacial score (nSPS) is 14.9. The van der Waals surface area contributed by atoms with Crippen LogP contribution in [0.3, 0.4) is 0 Å². The van der Waals surface area contributed by atoms with E-state index in [0.29, 0.717) is 0 Å². The second kappa shape index (κ2) is 8.84. The molecule has 0 fully saturated rings. The highest BCUT2D eigenvalue weighted by atomic mass is 32.2. The Bertz CT molecular complexity index is 200. The highest BCUT2D eigenvalue weighted by Crippen LogP contribution is 2.00. The number of hydrogen-bond donors (Lipinski definition) is 2. The van der Waals surface area contributed by atoms with Crippen LogP contribution in [0, 0.1) is 0 Å². The van der Waals surface area contributed by atoms with Crippen molar-refractivity contribution in [3.05, 3.63) is 0 Å². The van der Waals surface area contributed by atoms with Gasteiger partial charge in [-0.2, -0.15) is 11.8 Å². The number of carbonyl (C=O) groups excluding carboxylic acids is 1. The summed E-state index contributed by atoms with van der Waals surface area (Å²) < 4.78 is 0. The Labute approximate surface area is 103 Å². The molecule has 0 bridgehead atoms. The van der Waals surface area contributed by atoms with Crippen molar-refractivity contribution < 1.29 is 4.79 Å². The van der Waals surface area contributed by atoms with Gasteiger partial charge in [-0.1, -0.05) is 0 Å². The van der Waals surface area contributed by atoms with Crippen LogP contribution in [0.1, 0.15) is 19.8 Å². The molecule has 0 radical (unpaired) electrons. The summed E-state index contributed by atoms with van der Waals surface area (Å²) in [5.74, 6) is 0.904. The summed E-state index contributed by atoms with van der Waals surface area (Å²) in [6, 6.07) is -0.176. The smallest absolute Gasteiger partial charge is 0.237 e. The second-order valence-corrected chi connectivity index (χ2v) is 5.38. The number of rotatable bonds is 8. The average molecular weight is 247 g/mol. The van der Waals surface area contributed by atoms with E-state index in [1.54, 1.807) is 11.8 Å². The molecule has 1 amide bonds. The largest absolute Gasteiger partial charge is 0.352 e. The van der Waals surface area contributed by atoms with Crippen molar-refractivity contribution in [1.82, 2.24) is 10.2 Å². The number of amides is 1. The van der Waals surface area contributed by atoms with Gasteiger partial charge in [-0.25, -0.2) is 0 Å².